The first-order chi connectivity index (χ1) is 15.9. The maximum Gasteiger partial charge on any atom is 0.307 e. The number of aliphatic hydroxyl groups is 1. The van der Waals surface area contributed by atoms with Gasteiger partial charge in [-0.1, -0.05) is 76.8 Å². The van der Waals surface area contributed by atoms with Crippen molar-refractivity contribution in [3.05, 3.63) is 70.3 Å². The first-order valence-corrected chi connectivity index (χ1v) is 12.4. The molecule has 0 aliphatic heterocycles. The SMILES string of the molecule is CCCCC(O)c1cc(CCC)c(OC2(CC(=O)O)C=Cc3ccccc3C2)c(CCC)c1. The van der Waals surface area contributed by atoms with Gasteiger partial charge in [0, 0.05) is 6.42 Å². The summed E-state index contributed by atoms with van der Waals surface area (Å²) in [4.78, 5) is 11.9. The van der Waals surface area contributed by atoms with Crippen molar-refractivity contribution in [2.75, 3.05) is 0 Å². The van der Waals surface area contributed by atoms with Gasteiger partial charge in [0.25, 0.3) is 0 Å². The van der Waals surface area contributed by atoms with E-state index in [1.165, 1.54) is 0 Å². The summed E-state index contributed by atoms with van der Waals surface area (Å²) in [5.41, 5.74) is 4.34. The van der Waals surface area contributed by atoms with Crippen LogP contribution in [0.3, 0.4) is 0 Å². The molecule has 178 valence electrons. The Hall–Kier alpha value is -2.59. The van der Waals surface area contributed by atoms with E-state index in [4.69, 9.17) is 4.74 Å². The van der Waals surface area contributed by atoms with Crippen molar-refractivity contribution >= 4 is 12.0 Å². The number of aryl methyl sites for hydroxylation is 2. The van der Waals surface area contributed by atoms with E-state index in [1.807, 2.05) is 36.4 Å². The summed E-state index contributed by atoms with van der Waals surface area (Å²) in [6.45, 7) is 6.40. The van der Waals surface area contributed by atoms with Crippen LogP contribution in [0.5, 0.6) is 5.75 Å². The van der Waals surface area contributed by atoms with Crippen LogP contribution in [0.1, 0.15) is 93.2 Å². The van der Waals surface area contributed by atoms with E-state index in [-0.39, 0.29) is 6.42 Å². The lowest BCUT2D eigenvalue weighted by atomic mass is 9.83. The Morgan fingerprint density at radius 3 is 2.33 bits per heavy atom. The van der Waals surface area contributed by atoms with Gasteiger partial charge < -0.3 is 14.9 Å². The molecule has 0 saturated carbocycles. The topological polar surface area (TPSA) is 66.8 Å². The molecule has 1 aliphatic carbocycles. The molecule has 0 saturated heterocycles. The van der Waals surface area contributed by atoms with E-state index in [1.54, 1.807) is 0 Å². The van der Waals surface area contributed by atoms with Crippen LogP contribution in [0.25, 0.3) is 6.08 Å². The molecule has 1 aliphatic rings. The van der Waals surface area contributed by atoms with Crippen LogP contribution in [0.4, 0.5) is 0 Å². The molecule has 2 aromatic carbocycles. The van der Waals surface area contributed by atoms with Gasteiger partial charge in [-0.25, -0.2) is 0 Å². The predicted molar refractivity (Wildman–Crippen MR) is 134 cm³/mol. The summed E-state index contributed by atoms with van der Waals surface area (Å²) in [6.07, 6.45) is 10.2. The van der Waals surface area contributed by atoms with Crippen molar-refractivity contribution in [3.63, 3.8) is 0 Å². The molecule has 4 heteroatoms. The number of carbonyl (C=O) groups is 1. The third-order valence-electron chi connectivity index (χ3n) is 6.39. The molecule has 2 aromatic rings. The van der Waals surface area contributed by atoms with E-state index in [2.05, 4.69) is 32.9 Å². The number of hydrogen-bond acceptors (Lipinski definition) is 3. The molecule has 0 heterocycles. The Morgan fingerprint density at radius 1 is 1.06 bits per heavy atom. The van der Waals surface area contributed by atoms with Gasteiger partial charge in [-0.05, 0) is 65.3 Å². The maximum atomic E-state index is 11.9. The normalized spacial score (nSPS) is 18.1. The molecule has 2 unspecified atom stereocenters. The van der Waals surface area contributed by atoms with Crippen LogP contribution < -0.4 is 4.74 Å². The van der Waals surface area contributed by atoms with E-state index < -0.39 is 17.7 Å². The summed E-state index contributed by atoms with van der Waals surface area (Å²) >= 11 is 0. The highest BCUT2D eigenvalue weighted by Crippen LogP contribution is 2.39. The van der Waals surface area contributed by atoms with Crippen LogP contribution in [0, 0.1) is 0 Å². The van der Waals surface area contributed by atoms with Crippen molar-refractivity contribution in [1.29, 1.82) is 0 Å². The fourth-order valence-corrected chi connectivity index (χ4v) is 4.75. The fourth-order valence-electron chi connectivity index (χ4n) is 4.75. The molecule has 0 amide bonds. The Kier molecular flexibility index (Phi) is 8.74. The van der Waals surface area contributed by atoms with Gasteiger partial charge in [-0.15, -0.1) is 0 Å². The lowest BCUT2D eigenvalue weighted by Gasteiger charge is -2.35. The molecule has 0 radical (unpaired) electrons. The Balaban J connectivity index is 2.05. The maximum absolute atomic E-state index is 11.9. The van der Waals surface area contributed by atoms with Gasteiger partial charge in [0.1, 0.15) is 11.4 Å². The lowest BCUT2D eigenvalue weighted by Crippen LogP contribution is -2.41. The first-order valence-electron chi connectivity index (χ1n) is 12.4. The summed E-state index contributed by atoms with van der Waals surface area (Å²) < 4.78 is 6.74. The predicted octanol–water partition coefficient (Wildman–Crippen LogP) is 6.68. The second-order valence-corrected chi connectivity index (χ2v) is 9.27. The quantitative estimate of drug-likeness (QED) is 0.379. The zero-order valence-corrected chi connectivity index (χ0v) is 20.3. The number of hydrogen-bond donors (Lipinski definition) is 2. The number of benzene rings is 2. The minimum Gasteiger partial charge on any atom is -0.482 e. The standard InChI is InChI=1S/C29H38O4/c1-4-7-14-26(30)25-17-22(10-5-2)28(23(18-25)11-6-3)33-29(20-27(31)32)16-15-21-12-8-9-13-24(21)19-29/h8-9,12-13,15-18,26,30H,4-7,10-11,14,19-20H2,1-3H3,(H,31,32). The van der Waals surface area contributed by atoms with E-state index >= 15 is 0 Å². The molecule has 0 spiro atoms. The van der Waals surface area contributed by atoms with Crippen molar-refractivity contribution in [2.45, 2.75) is 90.3 Å². The number of carboxylic acid groups (broad SMARTS) is 1. The zero-order chi connectivity index (χ0) is 23.8. The number of ether oxygens (including phenoxy) is 1. The van der Waals surface area contributed by atoms with Crippen LogP contribution >= 0.6 is 0 Å². The van der Waals surface area contributed by atoms with Gasteiger partial charge in [0.05, 0.1) is 12.5 Å². The van der Waals surface area contributed by atoms with Crippen LogP contribution in [0.15, 0.2) is 42.5 Å². The minimum atomic E-state index is -0.937. The van der Waals surface area contributed by atoms with Gasteiger partial charge in [0.15, 0.2) is 0 Å². The van der Waals surface area contributed by atoms with Crippen LogP contribution in [-0.4, -0.2) is 21.8 Å². The Bertz CT molecular complexity index is 950. The Labute approximate surface area is 198 Å². The molecule has 3 rings (SSSR count). The summed E-state index contributed by atoms with van der Waals surface area (Å²) in [7, 11) is 0. The summed E-state index contributed by atoms with van der Waals surface area (Å²) in [5.74, 6) is -0.0739. The highest BCUT2D eigenvalue weighted by atomic mass is 16.5. The number of unbranched alkanes of at least 4 members (excludes halogenated alkanes) is 1. The number of fused-ring (bicyclic) bond motifs is 1. The average molecular weight is 451 g/mol. The molecule has 2 N–H and O–H groups in total. The smallest absolute Gasteiger partial charge is 0.307 e. The largest absolute Gasteiger partial charge is 0.482 e. The Morgan fingerprint density at radius 2 is 1.73 bits per heavy atom. The molecule has 0 fully saturated rings. The number of aliphatic carboxylic acids is 1. The van der Waals surface area contributed by atoms with E-state index in [9.17, 15) is 15.0 Å². The van der Waals surface area contributed by atoms with E-state index in [0.29, 0.717) is 6.42 Å². The van der Waals surface area contributed by atoms with Gasteiger partial charge in [-0.2, -0.15) is 0 Å². The van der Waals surface area contributed by atoms with Crippen LogP contribution in [0.2, 0.25) is 0 Å². The molecule has 0 aromatic heterocycles. The molecular weight excluding hydrogens is 412 g/mol. The third kappa shape index (κ3) is 6.26. The third-order valence-corrected chi connectivity index (χ3v) is 6.39. The van der Waals surface area contributed by atoms with Gasteiger partial charge in [-0.3, -0.25) is 4.79 Å². The number of carboxylic acids is 1. The van der Waals surface area contributed by atoms with Crippen molar-refractivity contribution < 1.29 is 19.7 Å². The molecular formula is C29H38O4. The molecule has 4 nitrogen and oxygen atoms in total. The molecule has 33 heavy (non-hydrogen) atoms. The molecule has 2 atom stereocenters. The zero-order valence-electron chi connectivity index (χ0n) is 20.3. The second kappa shape index (κ2) is 11.5. The van der Waals surface area contributed by atoms with Crippen LogP contribution in [-0.2, 0) is 24.1 Å². The monoisotopic (exact) mass is 450 g/mol. The van der Waals surface area contributed by atoms with Gasteiger partial charge in [0.2, 0.25) is 0 Å². The van der Waals surface area contributed by atoms with Crippen molar-refractivity contribution in [2.24, 2.45) is 0 Å². The lowest BCUT2D eigenvalue weighted by molar-refractivity contribution is -0.140. The number of aliphatic hydroxyl groups excluding tert-OH is 1. The minimum absolute atomic E-state index is 0.101. The van der Waals surface area contributed by atoms with Gasteiger partial charge >= 0.3 is 5.97 Å². The average Bonchev–Trinajstić information content (AvgIpc) is 2.79. The van der Waals surface area contributed by atoms with E-state index in [0.717, 1.165) is 78.5 Å². The summed E-state index contributed by atoms with van der Waals surface area (Å²) in [6, 6.07) is 12.2. The fraction of sp³-hybridized carbons (Fsp3) is 0.483. The highest BCUT2D eigenvalue weighted by molar-refractivity contribution is 5.71. The van der Waals surface area contributed by atoms with Crippen molar-refractivity contribution in [3.8, 4) is 5.75 Å². The number of rotatable bonds is 12. The second-order valence-electron chi connectivity index (χ2n) is 9.27. The van der Waals surface area contributed by atoms with Crippen molar-refractivity contribution in [1.82, 2.24) is 0 Å². The molecule has 0 bridgehead atoms. The highest BCUT2D eigenvalue weighted by Gasteiger charge is 2.37. The first kappa shape index (κ1) is 25.0. The summed E-state index contributed by atoms with van der Waals surface area (Å²) in [5, 5.41) is 20.6.